The Morgan fingerprint density at radius 3 is 2.79 bits per heavy atom. The molecular formula is C11H12N4O4. The van der Waals surface area contributed by atoms with E-state index in [1.165, 1.54) is 16.7 Å². The molecule has 0 fully saturated rings. The first kappa shape index (κ1) is 12.7. The van der Waals surface area contributed by atoms with E-state index in [0.29, 0.717) is 11.0 Å². The van der Waals surface area contributed by atoms with Crippen molar-refractivity contribution in [3.05, 3.63) is 34.2 Å². The van der Waals surface area contributed by atoms with Crippen LogP contribution in [0.25, 0.3) is 11.0 Å². The average Bonchev–Trinajstić information content (AvgIpc) is 2.64. The Labute approximate surface area is 106 Å². The number of aromatic carboxylic acids is 1. The van der Waals surface area contributed by atoms with Gasteiger partial charge in [-0.25, -0.2) is 14.4 Å². The van der Waals surface area contributed by atoms with E-state index in [1.807, 2.05) is 0 Å². The number of carbonyl (C=O) groups excluding carboxylic acids is 1. The average molecular weight is 264 g/mol. The molecule has 2 rings (SSSR count). The fourth-order valence-corrected chi connectivity index (χ4v) is 1.81. The normalized spacial score (nSPS) is 10.5. The third-order valence-electron chi connectivity index (χ3n) is 2.66. The van der Waals surface area contributed by atoms with Gasteiger partial charge in [0, 0.05) is 13.1 Å². The van der Waals surface area contributed by atoms with E-state index >= 15 is 0 Å². The van der Waals surface area contributed by atoms with Gasteiger partial charge in [-0.2, -0.15) is 0 Å². The summed E-state index contributed by atoms with van der Waals surface area (Å²) in [6, 6.07) is 3.68. The van der Waals surface area contributed by atoms with Gasteiger partial charge in [0.25, 0.3) is 0 Å². The van der Waals surface area contributed by atoms with Gasteiger partial charge in [0.15, 0.2) is 0 Å². The van der Waals surface area contributed by atoms with E-state index in [-0.39, 0.29) is 24.3 Å². The molecule has 0 aliphatic carbocycles. The number of nitrogens with two attached hydrogens (primary N) is 1. The number of nitrogens with one attached hydrogen (secondary N) is 2. The highest BCUT2D eigenvalue weighted by molar-refractivity contribution is 5.92. The molecular weight excluding hydrogens is 252 g/mol. The van der Waals surface area contributed by atoms with Crippen LogP contribution in [0, 0.1) is 0 Å². The van der Waals surface area contributed by atoms with Crippen LogP contribution in [0.3, 0.4) is 0 Å². The summed E-state index contributed by atoms with van der Waals surface area (Å²) in [5.41, 5.74) is 5.65. The second kappa shape index (κ2) is 4.84. The number of fused-ring (bicyclic) bond motifs is 1. The van der Waals surface area contributed by atoms with Gasteiger partial charge in [0.2, 0.25) is 0 Å². The molecule has 8 heteroatoms. The van der Waals surface area contributed by atoms with Crippen molar-refractivity contribution in [2.45, 2.75) is 6.54 Å². The first-order valence-corrected chi connectivity index (χ1v) is 5.48. The lowest BCUT2D eigenvalue weighted by Gasteiger charge is -2.04. The van der Waals surface area contributed by atoms with Crippen molar-refractivity contribution < 1.29 is 14.7 Å². The quantitative estimate of drug-likeness (QED) is 0.603. The van der Waals surface area contributed by atoms with E-state index in [9.17, 15) is 14.4 Å². The monoisotopic (exact) mass is 264 g/mol. The number of carbonyl (C=O) groups is 2. The molecule has 0 spiro atoms. The SMILES string of the molecule is NC(=O)NCCn1c(=O)[nH]c2cc(C(=O)O)ccc21. The van der Waals surface area contributed by atoms with Crippen LogP contribution in [-0.4, -0.2) is 33.2 Å². The number of imidazole rings is 1. The molecule has 0 saturated carbocycles. The predicted molar refractivity (Wildman–Crippen MR) is 67.1 cm³/mol. The van der Waals surface area contributed by atoms with Crippen LogP contribution < -0.4 is 16.7 Å². The van der Waals surface area contributed by atoms with Gasteiger partial charge in [0.1, 0.15) is 0 Å². The van der Waals surface area contributed by atoms with Gasteiger partial charge in [-0.3, -0.25) is 4.57 Å². The lowest BCUT2D eigenvalue weighted by atomic mass is 10.2. The molecule has 8 nitrogen and oxygen atoms in total. The minimum atomic E-state index is -1.06. The first-order chi connectivity index (χ1) is 8.99. The van der Waals surface area contributed by atoms with Crippen molar-refractivity contribution >= 4 is 23.0 Å². The van der Waals surface area contributed by atoms with Crippen molar-refractivity contribution in [1.29, 1.82) is 0 Å². The van der Waals surface area contributed by atoms with Crippen LogP contribution in [0.1, 0.15) is 10.4 Å². The molecule has 1 aromatic carbocycles. The number of hydrogen-bond acceptors (Lipinski definition) is 3. The van der Waals surface area contributed by atoms with Gasteiger partial charge in [-0.05, 0) is 18.2 Å². The number of carboxylic acid groups (broad SMARTS) is 1. The molecule has 1 aromatic heterocycles. The second-order valence-electron chi connectivity index (χ2n) is 3.91. The molecule has 2 amide bonds. The highest BCUT2D eigenvalue weighted by Gasteiger charge is 2.09. The largest absolute Gasteiger partial charge is 0.478 e. The van der Waals surface area contributed by atoms with Crippen LogP contribution in [0.5, 0.6) is 0 Å². The number of aromatic amines is 1. The fourth-order valence-electron chi connectivity index (χ4n) is 1.81. The van der Waals surface area contributed by atoms with Gasteiger partial charge >= 0.3 is 17.7 Å². The van der Waals surface area contributed by atoms with Crippen molar-refractivity contribution in [3.8, 4) is 0 Å². The molecule has 100 valence electrons. The summed E-state index contributed by atoms with van der Waals surface area (Å²) >= 11 is 0. The van der Waals surface area contributed by atoms with Crippen molar-refractivity contribution in [3.63, 3.8) is 0 Å². The summed E-state index contributed by atoms with van der Waals surface area (Å²) in [4.78, 5) is 35.6. The zero-order chi connectivity index (χ0) is 14.0. The number of nitrogens with zero attached hydrogens (tertiary/aromatic N) is 1. The Hall–Kier alpha value is -2.77. The third kappa shape index (κ3) is 2.57. The standard InChI is InChI=1S/C11H12N4O4/c12-10(18)13-3-4-15-8-2-1-6(9(16)17)5-7(8)14-11(15)19/h1-2,5H,3-4H2,(H,14,19)(H,16,17)(H3,12,13,18). The Morgan fingerprint density at radius 1 is 1.42 bits per heavy atom. The van der Waals surface area contributed by atoms with Crippen LogP contribution in [-0.2, 0) is 6.54 Å². The minimum Gasteiger partial charge on any atom is -0.478 e. The molecule has 0 bridgehead atoms. The first-order valence-electron chi connectivity index (χ1n) is 5.48. The van der Waals surface area contributed by atoms with Crippen LogP contribution in [0.4, 0.5) is 4.79 Å². The Bertz CT molecular complexity index is 700. The molecule has 1 heterocycles. The van der Waals surface area contributed by atoms with Gasteiger partial charge in [-0.15, -0.1) is 0 Å². The second-order valence-corrected chi connectivity index (χ2v) is 3.91. The smallest absolute Gasteiger partial charge is 0.335 e. The highest BCUT2D eigenvalue weighted by atomic mass is 16.4. The number of hydrogen-bond donors (Lipinski definition) is 4. The predicted octanol–water partition coefficient (Wildman–Crippen LogP) is -0.304. The molecule has 2 aromatic rings. The van der Waals surface area contributed by atoms with Gasteiger partial charge in [0.05, 0.1) is 16.6 Å². The van der Waals surface area contributed by atoms with Crippen molar-refractivity contribution in [1.82, 2.24) is 14.9 Å². The fraction of sp³-hybridized carbons (Fsp3) is 0.182. The number of aromatic nitrogens is 2. The molecule has 0 aliphatic heterocycles. The zero-order valence-electron chi connectivity index (χ0n) is 9.84. The molecule has 0 saturated heterocycles. The Kier molecular flexibility index (Phi) is 3.23. The molecule has 0 unspecified atom stereocenters. The number of urea groups is 1. The maximum absolute atomic E-state index is 11.7. The summed E-state index contributed by atoms with van der Waals surface area (Å²) in [5.74, 6) is -1.06. The molecule has 0 aliphatic rings. The number of primary amides is 1. The summed E-state index contributed by atoms with van der Waals surface area (Å²) in [6.07, 6.45) is 0. The van der Waals surface area contributed by atoms with E-state index in [2.05, 4.69) is 10.3 Å². The van der Waals surface area contributed by atoms with Crippen LogP contribution in [0.15, 0.2) is 23.0 Å². The Balaban J connectivity index is 2.34. The molecule has 19 heavy (non-hydrogen) atoms. The van der Waals surface area contributed by atoms with Crippen LogP contribution in [0.2, 0.25) is 0 Å². The lowest BCUT2D eigenvalue weighted by molar-refractivity contribution is 0.0697. The maximum atomic E-state index is 11.7. The van der Waals surface area contributed by atoms with Crippen LogP contribution >= 0.6 is 0 Å². The van der Waals surface area contributed by atoms with Gasteiger partial charge in [-0.1, -0.05) is 0 Å². The summed E-state index contributed by atoms with van der Waals surface area (Å²) in [7, 11) is 0. The number of benzene rings is 1. The summed E-state index contributed by atoms with van der Waals surface area (Å²) in [5, 5.41) is 11.2. The van der Waals surface area contributed by atoms with E-state index < -0.39 is 12.0 Å². The zero-order valence-corrected chi connectivity index (χ0v) is 9.84. The number of H-pyrrole nitrogens is 1. The molecule has 0 atom stereocenters. The highest BCUT2D eigenvalue weighted by Crippen LogP contribution is 2.12. The molecule has 5 N–H and O–H groups in total. The van der Waals surface area contributed by atoms with E-state index in [0.717, 1.165) is 0 Å². The van der Waals surface area contributed by atoms with Crippen molar-refractivity contribution in [2.24, 2.45) is 5.73 Å². The Morgan fingerprint density at radius 2 is 2.16 bits per heavy atom. The third-order valence-corrected chi connectivity index (χ3v) is 2.66. The minimum absolute atomic E-state index is 0.0937. The van der Waals surface area contributed by atoms with Gasteiger partial charge < -0.3 is 21.1 Å². The number of carboxylic acids is 1. The van der Waals surface area contributed by atoms with Crippen molar-refractivity contribution in [2.75, 3.05) is 6.54 Å². The lowest BCUT2D eigenvalue weighted by Crippen LogP contribution is -2.33. The number of rotatable bonds is 4. The number of amides is 2. The maximum Gasteiger partial charge on any atom is 0.335 e. The summed E-state index contributed by atoms with van der Waals surface area (Å²) in [6.45, 7) is 0.455. The topological polar surface area (TPSA) is 130 Å². The van der Waals surface area contributed by atoms with E-state index in [4.69, 9.17) is 10.8 Å². The summed E-state index contributed by atoms with van der Waals surface area (Å²) < 4.78 is 1.40. The molecule has 0 radical (unpaired) electrons. The van der Waals surface area contributed by atoms with E-state index in [1.54, 1.807) is 6.07 Å².